The molecule has 1 aliphatic carbocycles. The van der Waals surface area contributed by atoms with Crippen LogP contribution < -0.4 is 10.6 Å². The van der Waals surface area contributed by atoms with Crippen molar-refractivity contribution in [1.82, 2.24) is 4.98 Å². The van der Waals surface area contributed by atoms with Crippen LogP contribution in [0.2, 0.25) is 15.1 Å². The number of nitrogens with zero attached hydrogens (tertiary/aromatic N) is 1. The summed E-state index contributed by atoms with van der Waals surface area (Å²) < 4.78 is -0.377. The average molecular weight is 586 g/mol. The Morgan fingerprint density at radius 2 is 1.63 bits per heavy atom. The smallest absolute Gasteiger partial charge is 0.259 e. The van der Waals surface area contributed by atoms with Gasteiger partial charge in [0.2, 0.25) is 5.91 Å². The van der Waals surface area contributed by atoms with Crippen LogP contribution in [0.25, 0.3) is 10.2 Å². The second-order valence-corrected chi connectivity index (χ2v) is 11.7. The molecule has 2 N–H and O–H groups in total. The van der Waals surface area contributed by atoms with E-state index in [1.165, 1.54) is 23.5 Å². The molecule has 1 aliphatic rings. The summed E-state index contributed by atoms with van der Waals surface area (Å²) in [6.07, 6.45) is 0. The number of rotatable bonds is 5. The first kappa shape index (κ1) is 24.6. The number of aromatic nitrogens is 1. The summed E-state index contributed by atoms with van der Waals surface area (Å²) in [6, 6.07) is 17.1. The number of carbonyl (C=O) groups is 2. The fourth-order valence-corrected chi connectivity index (χ4v) is 6.34. The molecular weight excluding hydrogens is 572 g/mol. The first-order valence-corrected chi connectivity index (χ1v) is 13.0. The standard InChI is InChI=1S/C24H14Cl5N3O2S/c25-12-7-11(8-13(26)9-12)19-20(24(19,28)29)22(34)30-14-5-6-16(27)15(10-14)21(33)32-23-31-17-3-1-2-4-18(17)35-23/h1-10,19-20H,(H,30,34)(H,31,32,33). The number of thiazole rings is 1. The van der Waals surface area contributed by atoms with Gasteiger partial charge in [0.05, 0.1) is 26.7 Å². The van der Waals surface area contributed by atoms with E-state index in [0.717, 1.165) is 10.2 Å². The SMILES string of the molecule is O=C(Nc1nc2ccccc2s1)c1cc(NC(=O)C2C(c3cc(Cl)cc(Cl)c3)C2(Cl)Cl)ccc1Cl. The van der Waals surface area contributed by atoms with Gasteiger partial charge in [-0.2, -0.15) is 0 Å². The molecule has 4 aromatic rings. The number of hydrogen-bond donors (Lipinski definition) is 2. The van der Waals surface area contributed by atoms with E-state index in [2.05, 4.69) is 15.6 Å². The van der Waals surface area contributed by atoms with E-state index in [0.29, 0.717) is 26.4 Å². The van der Waals surface area contributed by atoms with Gasteiger partial charge in [-0.3, -0.25) is 14.9 Å². The third-order valence-corrected chi connectivity index (χ3v) is 8.23. The minimum absolute atomic E-state index is 0.181. The largest absolute Gasteiger partial charge is 0.326 e. The second kappa shape index (κ2) is 9.43. The number of alkyl halides is 2. The van der Waals surface area contributed by atoms with Crippen LogP contribution in [0.4, 0.5) is 10.8 Å². The highest BCUT2D eigenvalue weighted by atomic mass is 35.5. The first-order chi connectivity index (χ1) is 16.6. The molecule has 0 aliphatic heterocycles. The zero-order valence-corrected chi connectivity index (χ0v) is 22.1. The van der Waals surface area contributed by atoms with Crippen molar-refractivity contribution in [2.24, 2.45) is 5.92 Å². The van der Waals surface area contributed by atoms with Crippen molar-refractivity contribution < 1.29 is 9.59 Å². The molecule has 2 atom stereocenters. The third-order valence-electron chi connectivity index (χ3n) is 5.57. The molecule has 1 heterocycles. The molecule has 178 valence electrons. The summed E-state index contributed by atoms with van der Waals surface area (Å²) in [5.41, 5.74) is 2.00. The predicted molar refractivity (Wildman–Crippen MR) is 145 cm³/mol. The molecule has 1 saturated carbocycles. The quantitative estimate of drug-likeness (QED) is 0.233. The molecule has 11 heteroatoms. The van der Waals surface area contributed by atoms with Crippen molar-refractivity contribution in [2.75, 3.05) is 10.6 Å². The number of fused-ring (bicyclic) bond motifs is 1. The Labute approximate surface area is 229 Å². The van der Waals surface area contributed by atoms with E-state index in [1.807, 2.05) is 24.3 Å². The molecule has 0 bridgehead atoms. The van der Waals surface area contributed by atoms with Crippen molar-refractivity contribution in [2.45, 2.75) is 10.3 Å². The minimum atomic E-state index is -1.32. The maximum atomic E-state index is 13.0. The number of anilines is 2. The van der Waals surface area contributed by atoms with E-state index in [-0.39, 0.29) is 10.6 Å². The van der Waals surface area contributed by atoms with Crippen molar-refractivity contribution in [3.05, 3.63) is 86.9 Å². The number of benzene rings is 3. The molecule has 5 nitrogen and oxygen atoms in total. The lowest BCUT2D eigenvalue weighted by Gasteiger charge is -2.09. The molecule has 3 aromatic carbocycles. The van der Waals surface area contributed by atoms with Crippen molar-refractivity contribution >= 4 is 102 Å². The van der Waals surface area contributed by atoms with Gasteiger partial charge in [0, 0.05) is 21.7 Å². The summed E-state index contributed by atoms with van der Waals surface area (Å²) in [5, 5.41) is 7.04. The summed E-state index contributed by atoms with van der Waals surface area (Å²) >= 11 is 32.7. The molecule has 1 aromatic heterocycles. The van der Waals surface area contributed by atoms with E-state index >= 15 is 0 Å². The maximum Gasteiger partial charge on any atom is 0.259 e. The molecule has 0 saturated heterocycles. The molecule has 0 spiro atoms. The highest BCUT2D eigenvalue weighted by molar-refractivity contribution is 7.22. The Balaban J connectivity index is 1.33. The number of halogens is 5. The molecular formula is C24H14Cl5N3O2S. The topological polar surface area (TPSA) is 71.1 Å². The normalized spacial score (nSPS) is 18.3. The Kier molecular flexibility index (Phi) is 6.64. The predicted octanol–water partition coefficient (Wildman–Crippen LogP) is 8.03. The highest BCUT2D eigenvalue weighted by Gasteiger charge is 2.67. The lowest BCUT2D eigenvalue weighted by Crippen LogP contribution is -2.18. The summed E-state index contributed by atoms with van der Waals surface area (Å²) in [5.74, 6) is -2.09. The van der Waals surface area contributed by atoms with Gasteiger partial charge in [-0.1, -0.05) is 58.3 Å². The zero-order chi connectivity index (χ0) is 24.9. The van der Waals surface area contributed by atoms with Crippen LogP contribution >= 0.6 is 69.3 Å². The lowest BCUT2D eigenvalue weighted by molar-refractivity contribution is -0.117. The van der Waals surface area contributed by atoms with Crippen molar-refractivity contribution in [3.63, 3.8) is 0 Å². The molecule has 35 heavy (non-hydrogen) atoms. The number of amides is 2. The number of hydrogen-bond acceptors (Lipinski definition) is 4. The molecule has 5 rings (SSSR count). The summed E-state index contributed by atoms with van der Waals surface area (Å²) in [7, 11) is 0. The summed E-state index contributed by atoms with van der Waals surface area (Å²) in [6.45, 7) is 0. The van der Waals surface area contributed by atoms with E-state index < -0.39 is 28.0 Å². The lowest BCUT2D eigenvalue weighted by atomic mass is 10.1. The van der Waals surface area contributed by atoms with Crippen LogP contribution in [-0.4, -0.2) is 21.1 Å². The fourth-order valence-electron chi connectivity index (χ4n) is 3.91. The van der Waals surface area contributed by atoms with Gasteiger partial charge in [0.15, 0.2) is 5.13 Å². The van der Waals surface area contributed by atoms with Gasteiger partial charge in [0.25, 0.3) is 5.91 Å². The van der Waals surface area contributed by atoms with Gasteiger partial charge in [-0.05, 0) is 54.1 Å². The van der Waals surface area contributed by atoms with Crippen molar-refractivity contribution in [1.29, 1.82) is 0 Å². The highest BCUT2D eigenvalue weighted by Crippen LogP contribution is 2.65. The number of para-hydroxylation sites is 1. The van der Waals surface area contributed by atoms with E-state index in [1.54, 1.807) is 24.3 Å². The van der Waals surface area contributed by atoms with Gasteiger partial charge in [-0.25, -0.2) is 4.98 Å². The average Bonchev–Trinajstić information content (AvgIpc) is 3.15. The Morgan fingerprint density at radius 1 is 0.914 bits per heavy atom. The molecule has 2 amide bonds. The Bertz CT molecular complexity index is 1440. The van der Waals surface area contributed by atoms with Crippen LogP contribution in [0.3, 0.4) is 0 Å². The van der Waals surface area contributed by atoms with Crippen LogP contribution in [0, 0.1) is 5.92 Å². The van der Waals surface area contributed by atoms with E-state index in [9.17, 15) is 9.59 Å². The second-order valence-electron chi connectivity index (χ2n) is 7.96. The molecule has 2 unspecified atom stereocenters. The van der Waals surface area contributed by atoms with E-state index in [4.69, 9.17) is 58.0 Å². The Hall–Kier alpha value is -2.06. The number of carbonyl (C=O) groups excluding carboxylic acids is 2. The third kappa shape index (κ3) is 4.96. The van der Waals surface area contributed by atoms with Gasteiger partial charge in [-0.15, -0.1) is 23.2 Å². The van der Waals surface area contributed by atoms with Gasteiger partial charge >= 0.3 is 0 Å². The van der Waals surface area contributed by atoms with Crippen LogP contribution in [-0.2, 0) is 4.79 Å². The molecule has 0 radical (unpaired) electrons. The number of nitrogens with one attached hydrogen (secondary N) is 2. The minimum Gasteiger partial charge on any atom is -0.326 e. The Morgan fingerprint density at radius 3 is 2.34 bits per heavy atom. The van der Waals surface area contributed by atoms with Crippen LogP contribution in [0.1, 0.15) is 21.8 Å². The van der Waals surface area contributed by atoms with Gasteiger partial charge < -0.3 is 5.32 Å². The van der Waals surface area contributed by atoms with Crippen LogP contribution in [0.15, 0.2) is 60.7 Å². The monoisotopic (exact) mass is 583 g/mol. The fraction of sp³-hybridized carbons (Fsp3) is 0.125. The van der Waals surface area contributed by atoms with Crippen LogP contribution in [0.5, 0.6) is 0 Å². The van der Waals surface area contributed by atoms with Crippen molar-refractivity contribution in [3.8, 4) is 0 Å². The molecule has 1 fully saturated rings. The maximum absolute atomic E-state index is 13.0. The zero-order valence-electron chi connectivity index (χ0n) is 17.5. The van der Waals surface area contributed by atoms with Gasteiger partial charge in [0.1, 0.15) is 4.33 Å². The first-order valence-electron chi connectivity index (χ1n) is 10.2. The summed E-state index contributed by atoms with van der Waals surface area (Å²) in [4.78, 5) is 30.3.